The number of hydrogen-bond donors (Lipinski definition) is 4. The van der Waals surface area contributed by atoms with Gasteiger partial charge < -0.3 is 30.0 Å². The molecule has 7 aromatic rings. The number of anilines is 2. The lowest BCUT2D eigenvalue weighted by Crippen LogP contribution is -2.28. The highest BCUT2D eigenvalue weighted by molar-refractivity contribution is 6.22. The van der Waals surface area contributed by atoms with Crippen molar-refractivity contribution in [3.63, 3.8) is 0 Å². The van der Waals surface area contributed by atoms with Crippen LogP contribution in [0.25, 0.3) is 55.8 Å². The van der Waals surface area contributed by atoms with Crippen molar-refractivity contribution < 1.29 is 19.8 Å². The number of aromatic nitrogens is 2. The average molecular weight is 728 g/mol. The molecule has 4 N–H and O–H groups in total. The lowest BCUT2D eigenvalue weighted by molar-refractivity contribution is -0.114. The number of alkyl halides is 2. The fourth-order valence-electron chi connectivity index (χ4n) is 8.04. The van der Waals surface area contributed by atoms with Crippen LogP contribution in [0.3, 0.4) is 0 Å². The third-order valence-electron chi connectivity index (χ3n) is 10.4. The Hall–Kier alpha value is -5.70. The standard InChI is InChI=1S/C42H32Cl2N4O4/c43-19-25-21-47(31-17-33(49)41-39(37(25)31)27-5-1-3-7-29(27)45-41)35(51)15-13-23-9-11-24(12-10-23)14-16-36(52)48-22-26(20-44)38-32(48)18-34(50)42-40(38)28-6-2-4-8-30(28)46-42/h1-18,25-26,45-46,49-50H,19-22H2/b15-13+,16-14+/t25-,26-/m1/s1. The van der Waals surface area contributed by atoms with E-state index in [4.69, 9.17) is 23.2 Å². The van der Waals surface area contributed by atoms with Gasteiger partial charge >= 0.3 is 0 Å². The molecule has 0 unspecified atom stereocenters. The van der Waals surface area contributed by atoms with Gasteiger partial charge in [-0.1, -0.05) is 60.7 Å². The summed E-state index contributed by atoms with van der Waals surface area (Å²) in [4.78, 5) is 37.1. The molecule has 0 saturated heterocycles. The minimum atomic E-state index is -0.209. The fourth-order valence-corrected chi connectivity index (χ4v) is 8.54. The van der Waals surface area contributed by atoms with Gasteiger partial charge in [0.1, 0.15) is 11.5 Å². The number of hydrogen-bond acceptors (Lipinski definition) is 4. The Morgan fingerprint density at radius 1 is 0.654 bits per heavy atom. The molecule has 2 amide bonds. The maximum atomic E-state index is 13.6. The molecule has 0 aliphatic carbocycles. The summed E-state index contributed by atoms with van der Waals surface area (Å²) < 4.78 is 0. The number of carbonyl (C=O) groups is 2. The zero-order chi connectivity index (χ0) is 35.7. The number of rotatable bonds is 6. The van der Waals surface area contributed by atoms with Crippen LogP contribution in [0.5, 0.6) is 11.5 Å². The summed E-state index contributed by atoms with van der Waals surface area (Å²) in [5.74, 6) is 0.262. The van der Waals surface area contributed by atoms with Gasteiger partial charge in [-0.15, -0.1) is 23.2 Å². The number of fused-ring (bicyclic) bond motifs is 10. The van der Waals surface area contributed by atoms with E-state index in [1.165, 1.54) is 12.2 Å². The highest BCUT2D eigenvalue weighted by atomic mass is 35.5. The maximum absolute atomic E-state index is 13.6. The highest BCUT2D eigenvalue weighted by Crippen LogP contribution is 2.49. The predicted octanol–water partition coefficient (Wildman–Crippen LogP) is 9.13. The topological polar surface area (TPSA) is 113 Å². The van der Waals surface area contributed by atoms with Crippen LogP contribution in [0.1, 0.15) is 34.1 Å². The van der Waals surface area contributed by atoms with Gasteiger partial charge in [0.05, 0.1) is 22.4 Å². The first-order valence-electron chi connectivity index (χ1n) is 17.1. The number of phenols is 2. The second-order valence-electron chi connectivity index (χ2n) is 13.4. The quantitative estimate of drug-likeness (QED) is 0.101. The summed E-state index contributed by atoms with van der Waals surface area (Å²) in [6.07, 6.45) is 6.57. The number of amides is 2. The van der Waals surface area contributed by atoms with Gasteiger partial charge in [0.2, 0.25) is 0 Å². The average Bonchev–Trinajstić information content (AvgIpc) is 3.93. The molecule has 0 spiro atoms. The zero-order valence-electron chi connectivity index (χ0n) is 27.7. The molecule has 5 aromatic carbocycles. The van der Waals surface area contributed by atoms with Crippen LogP contribution in [-0.2, 0) is 9.59 Å². The van der Waals surface area contributed by atoms with E-state index in [0.717, 1.165) is 54.8 Å². The second kappa shape index (κ2) is 12.5. The SMILES string of the molecule is O=C(/C=C/c1ccc(/C=C/C(=O)N2C[C@@H](CCl)c3c2cc(O)c2[nH]c4ccccc4c32)cc1)N1C[C@@H](CCl)c2c1cc(O)c1[nH]c3ccccc3c21. The molecule has 4 heterocycles. The number of aromatic hydroxyl groups is 2. The van der Waals surface area contributed by atoms with Crippen LogP contribution >= 0.6 is 23.2 Å². The molecule has 9 rings (SSSR count). The second-order valence-corrected chi connectivity index (χ2v) is 14.0. The number of benzene rings is 5. The van der Waals surface area contributed by atoms with Crippen LogP contribution in [0.15, 0.2) is 97.1 Å². The van der Waals surface area contributed by atoms with E-state index in [-0.39, 0.29) is 35.1 Å². The molecule has 2 aromatic heterocycles. The first-order chi connectivity index (χ1) is 25.3. The van der Waals surface area contributed by atoms with Crippen molar-refractivity contribution in [2.75, 3.05) is 34.6 Å². The van der Waals surface area contributed by atoms with Gasteiger partial charge in [0, 0.05) is 93.5 Å². The predicted molar refractivity (Wildman–Crippen MR) is 211 cm³/mol. The van der Waals surface area contributed by atoms with Crippen LogP contribution in [0.4, 0.5) is 11.4 Å². The van der Waals surface area contributed by atoms with Gasteiger partial charge in [-0.25, -0.2) is 0 Å². The van der Waals surface area contributed by atoms with Gasteiger partial charge in [-0.05, 0) is 46.5 Å². The molecule has 52 heavy (non-hydrogen) atoms. The van der Waals surface area contributed by atoms with Crippen LogP contribution < -0.4 is 9.80 Å². The highest BCUT2D eigenvalue weighted by Gasteiger charge is 2.36. The Bertz CT molecular complexity index is 2470. The van der Waals surface area contributed by atoms with Crippen LogP contribution in [0.2, 0.25) is 0 Å². The number of halogens is 2. The van der Waals surface area contributed by atoms with Crippen molar-refractivity contribution in [3.05, 3.63) is 119 Å². The number of nitrogens with zero attached hydrogens (tertiary/aromatic N) is 2. The summed E-state index contributed by atoms with van der Waals surface area (Å²) in [5.41, 5.74) is 8.01. The third kappa shape index (κ3) is 5.05. The van der Waals surface area contributed by atoms with Crippen LogP contribution in [0, 0.1) is 0 Å². The van der Waals surface area contributed by atoms with E-state index in [0.29, 0.717) is 47.3 Å². The first kappa shape index (κ1) is 32.2. The molecule has 258 valence electrons. The van der Waals surface area contributed by atoms with E-state index in [2.05, 4.69) is 9.97 Å². The van der Waals surface area contributed by atoms with Gasteiger partial charge in [-0.3, -0.25) is 9.59 Å². The van der Waals surface area contributed by atoms with E-state index >= 15 is 0 Å². The summed E-state index contributed by atoms with van der Waals surface area (Å²) in [6.45, 7) is 0.828. The van der Waals surface area contributed by atoms with Crippen molar-refractivity contribution in [2.45, 2.75) is 11.8 Å². The Morgan fingerprint density at radius 3 is 1.46 bits per heavy atom. The van der Waals surface area contributed by atoms with Crippen molar-refractivity contribution in [2.24, 2.45) is 0 Å². The monoisotopic (exact) mass is 726 g/mol. The van der Waals surface area contributed by atoms with Gasteiger partial charge in [0.25, 0.3) is 11.8 Å². The summed E-state index contributed by atoms with van der Waals surface area (Å²) in [5, 5.41) is 25.7. The molecular weight excluding hydrogens is 695 g/mol. The normalized spacial score (nSPS) is 17.1. The number of phenolic OH excluding ortho intramolecular Hbond substituents is 2. The van der Waals surface area contributed by atoms with E-state index < -0.39 is 0 Å². The van der Waals surface area contributed by atoms with E-state index in [1.54, 1.807) is 34.1 Å². The van der Waals surface area contributed by atoms with Gasteiger partial charge in [0.15, 0.2) is 0 Å². The summed E-state index contributed by atoms with van der Waals surface area (Å²) in [7, 11) is 0. The molecule has 0 saturated carbocycles. The van der Waals surface area contributed by atoms with Crippen molar-refractivity contribution in [1.29, 1.82) is 0 Å². The van der Waals surface area contributed by atoms with Crippen molar-refractivity contribution >= 4 is 102 Å². The summed E-state index contributed by atoms with van der Waals surface area (Å²) in [6, 6.07) is 26.6. The molecule has 0 bridgehead atoms. The number of H-pyrrole nitrogens is 2. The number of carbonyl (C=O) groups excluding carboxylic acids is 2. The third-order valence-corrected chi connectivity index (χ3v) is 11.2. The lowest BCUT2D eigenvalue weighted by Gasteiger charge is -2.16. The lowest BCUT2D eigenvalue weighted by atomic mass is 9.96. The molecule has 0 fully saturated rings. The van der Waals surface area contributed by atoms with Crippen LogP contribution in [-0.4, -0.2) is 56.8 Å². The summed E-state index contributed by atoms with van der Waals surface area (Å²) >= 11 is 12.9. The van der Waals surface area contributed by atoms with E-state index in [9.17, 15) is 19.8 Å². The molecule has 10 heteroatoms. The Kier molecular flexibility index (Phi) is 7.75. The Balaban J connectivity index is 0.935. The van der Waals surface area contributed by atoms with Crippen molar-refractivity contribution in [1.82, 2.24) is 9.97 Å². The van der Waals surface area contributed by atoms with E-state index in [1.807, 2.05) is 72.8 Å². The molecule has 2 aliphatic rings. The number of aromatic amines is 2. The number of nitrogens with one attached hydrogen (secondary N) is 2. The first-order valence-corrected chi connectivity index (χ1v) is 18.1. The fraction of sp³-hybridized carbons (Fsp3) is 0.143. The van der Waals surface area contributed by atoms with Crippen molar-refractivity contribution in [3.8, 4) is 11.5 Å². The smallest absolute Gasteiger partial charge is 0.251 e. The minimum Gasteiger partial charge on any atom is -0.506 e. The Labute approximate surface area is 308 Å². The minimum absolute atomic E-state index is 0.0832. The molecule has 2 aliphatic heterocycles. The molecule has 8 nitrogen and oxygen atoms in total. The molecule has 0 radical (unpaired) electrons. The molecule has 2 atom stereocenters. The zero-order valence-corrected chi connectivity index (χ0v) is 29.2. The van der Waals surface area contributed by atoms with Gasteiger partial charge in [-0.2, -0.15) is 0 Å². The molecular formula is C42H32Cl2N4O4. The Morgan fingerprint density at radius 2 is 1.06 bits per heavy atom. The number of para-hydroxylation sites is 2. The largest absolute Gasteiger partial charge is 0.506 e. The maximum Gasteiger partial charge on any atom is 0.251 e.